The zero-order chi connectivity index (χ0) is 10.4. The Bertz CT molecular complexity index is 195. The minimum atomic E-state index is -0.256. The van der Waals surface area contributed by atoms with Gasteiger partial charge in [0, 0.05) is 6.54 Å². The minimum absolute atomic E-state index is 0.0780. The summed E-state index contributed by atoms with van der Waals surface area (Å²) in [6, 6.07) is 0. The molecule has 0 amide bonds. The maximum absolute atomic E-state index is 11.1. The van der Waals surface area contributed by atoms with Crippen LogP contribution in [0.5, 0.6) is 0 Å². The van der Waals surface area contributed by atoms with Gasteiger partial charge in [0.1, 0.15) is 0 Å². The van der Waals surface area contributed by atoms with Crippen LogP contribution in [0.25, 0.3) is 0 Å². The lowest BCUT2D eigenvalue weighted by atomic mass is 10.4. The molecule has 0 aliphatic carbocycles. The highest BCUT2D eigenvalue weighted by Gasteiger charge is 2.09. The lowest BCUT2D eigenvalue weighted by Crippen LogP contribution is -2.34. The van der Waals surface area contributed by atoms with Crippen molar-refractivity contribution in [3.05, 3.63) is 0 Å². The van der Waals surface area contributed by atoms with Crippen LogP contribution < -0.4 is 5.73 Å². The van der Waals surface area contributed by atoms with E-state index < -0.39 is 0 Å². The zero-order valence-corrected chi connectivity index (χ0v) is 9.06. The summed E-state index contributed by atoms with van der Waals surface area (Å²) in [5, 5.41) is 0. The van der Waals surface area contributed by atoms with Crippen molar-refractivity contribution in [1.29, 1.82) is 0 Å². The Kier molecular flexibility index (Phi) is 5.57. The summed E-state index contributed by atoms with van der Waals surface area (Å²) in [7, 11) is 1.76. The summed E-state index contributed by atoms with van der Waals surface area (Å²) >= 11 is 4.70. The molecule has 0 aliphatic rings. The molecule has 76 valence electrons. The highest BCUT2D eigenvalue weighted by atomic mass is 32.1. The van der Waals surface area contributed by atoms with Crippen LogP contribution in [0.4, 0.5) is 0 Å². The van der Waals surface area contributed by atoms with Crippen molar-refractivity contribution in [3.8, 4) is 0 Å². The van der Waals surface area contributed by atoms with E-state index in [9.17, 15) is 4.79 Å². The van der Waals surface area contributed by atoms with E-state index in [0.29, 0.717) is 11.5 Å². The van der Waals surface area contributed by atoms with Crippen molar-refractivity contribution >= 4 is 23.2 Å². The predicted molar refractivity (Wildman–Crippen MR) is 55.5 cm³/mol. The molecule has 0 radical (unpaired) electrons. The van der Waals surface area contributed by atoms with Crippen molar-refractivity contribution in [1.82, 2.24) is 4.90 Å². The number of rotatable bonds is 5. The predicted octanol–water partition coefficient (Wildman–Crippen LogP) is 0.156. The van der Waals surface area contributed by atoms with Crippen LogP contribution in [0.15, 0.2) is 0 Å². The van der Waals surface area contributed by atoms with Crippen molar-refractivity contribution in [3.63, 3.8) is 0 Å². The van der Waals surface area contributed by atoms with Crippen molar-refractivity contribution in [2.75, 3.05) is 20.1 Å². The standard InChI is InChI=1S/C8H16N2O2S/c1-6(2)12-8(11)5-10(3)4-7(9)13/h6H,4-5H2,1-3H3,(H2,9,13). The van der Waals surface area contributed by atoms with E-state index in [4.69, 9.17) is 22.7 Å². The Morgan fingerprint density at radius 3 is 2.46 bits per heavy atom. The molecule has 5 heteroatoms. The second-order valence-corrected chi connectivity index (χ2v) is 3.70. The number of esters is 1. The fourth-order valence-electron chi connectivity index (χ4n) is 0.842. The van der Waals surface area contributed by atoms with Gasteiger partial charge in [-0.05, 0) is 20.9 Å². The normalized spacial score (nSPS) is 10.5. The molecule has 0 aromatic carbocycles. The van der Waals surface area contributed by atoms with E-state index in [0.717, 1.165) is 0 Å². The fourth-order valence-corrected chi connectivity index (χ4v) is 1.06. The molecule has 0 atom stereocenters. The van der Waals surface area contributed by atoms with Gasteiger partial charge in [0.2, 0.25) is 0 Å². The molecule has 0 aromatic rings. The Balaban J connectivity index is 3.71. The van der Waals surface area contributed by atoms with E-state index in [1.165, 1.54) is 0 Å². The molecule has 0 saturated heterocycles. The van der Waals surface area contributed by atoms with Crippen LogP contribution in [-0.4, -0.2) is 42.1 Å². The van der Waals surface area contributed by atoms with Gasteiger partial charge in [-0.1, -0.05) is 12.2 Å². The Morgan fingerprint density at radius 1 is 1.54 bits per heavy atom. The lowest BCUT2D eigenvalue weighted by Gasteiger charge is -2.15. The van der Waals surface area contributed by atoms with Crippen LogP contribution in [0.1, 0.15) is 13.8 Å². The first kappa shape index (κ1) is 12.3. The quantitative estimate of drug-likeness (QED) is 0.510. The lowest BCUT2D eigenvalue weighted by molar-refractivity contribution is -0.148. The monoisotopic (exact) mass is 204 g/mol. The van der Waals surface area contributed by atoms with Crippen LogP contribution in [0.3, 0.4) is 0 Å². The zero-order valence-electron chi connectivity index (χ0n) is 8.24. The Morgan fingerprint density at radius 2 is 2.08 bits per heavy atom. The molecule has 0 rings (SSSR count). The second kappa shape index (κ2) is 5.88. The summed E-state index contributed by atoms with van der Waals surface area (Å²) in [6.07, 6.45) is -0.0780. The van der Waals surface area contributed by atoms with Gasteiger partial charge in [0.15, 0.2) is 0 Å². The van der Waals surface area contributed by atoms with Gasteiger partial charge in [0.05, 0.1) is 17.6 Å². The van der Waals surface area contributed by atoms with Crippen molar-refractivity contribution in [2.24, 2.45) is 5.73 Å². The van der Waals surface area contributed by atoms with Crippen molar-refractivity contribution in [2.45, 2.75) is 20.0 Å². The molecule has 2 N–H and O–H groups in total. The topological polar surface area (TPSA) is 55.6 Å². The van der Waals surface area contributed by atoms with Crippen LogP contribution in [-0.2, 0) is 9.53 Å². The molecular formula is C8H16N2O2S. The number of likely N-dealkylation sites (N-methyl/N-ethyl adjacent to an activating group) is 1. The van der Waals surface area contributed by atoms with Crippen LogP contribution >= 0.6 is 12.2 Å². The summed E-state index contributed by atoms with van der Waals surface area (Å²) in [6.45, 7) is 4.27. The third-order valence-corrected chi connectivity index (χ3v) is 1.32. The number of hydrogen-bond donors (Lipinski definition) is 1. The van der Waals surface area contributed by atoms with Crippen LogP contribution in [0, 0.1) is 0 Å². The van der Waals surface area contributed by atoms with Gasteiger partial charge in [-0.25, -0.2) is 0 Å². The van der Waals surface area contributed by atoms with Gasteiger partial charge < -0.3 is 10.5 Å². The number of nitrogens with two attached hydrogens (primary N) is 1. The number of hydrogen-bond acceptors (Lipinski definition) is 4. The molecule has 0 spiro atoms. The number of nitrogens with zero attached hydrogens (tertiary/aromatic N) is 1. The van der Waals surface area contributed by atoms with Gasteiger partial charge in [0.25, 0.3) is 0 Å². The summed E-state index contributed by atoms with van der Waals surface area (Å²) in [5.41, 5.74) is 5.31. The molecule has 0 unspecified atom stereocenters. The highest BCUT2D eigenvalue weighted by Crippen LogP contribution is 1.91. The van der Waals surface area contributed by atoms with Gasteiger partial charge in [-0.3, -0.25) is 9.69 Å². The maximum Gasteiger partial charge on any atom is 0.320 e. The summed E-state index contributed by atoms with van der Waals surface area (Å²) < 4.78 is 4.94. The largest absolute Gasteiger partial charge is 0.462 e. The van der Waals surface area contributed by atoms with E-state index in [-0.39, 0.29) is 18.6 Å². The molecule has 0 saturated carbocycles. The first-order valence-electron chi connectivity index (χ1n) is 4.08. The Labute approximate surface area is 84.0 Å². The first-order chi connectivity index (χ1) is 5.91. The number of ether oxygens (including phenoxy) is 1. The van der Waals surface area contributed by atoms with Crippen LogP contribution in [0.2, 0.25) is 0 Å². The summed E-state index contributed by atoms with van der Waals surface area (Å²) in [4.78, 5) is 13.2. The minimum Gasteiger partial charge on any atom is -0.462 e. The average molecular weight is 204 g/mol. The van der Waals surface area contributed by atoms with E-state index in [1.54, 1.807) is 11.9 Å². The molecule has 4 nitrogen and oxygen atoms in total. The molecule has 0 aromatic heterocycles. The first-order valence-corrected chi connectivity index (χ1v) is 4.49. The highest BCUT2D eigenvalue weighted by molar-refractivity contribution is 7.80. The number of carbonyl (C=O) groups is 1. The smallest absolute Gasteiger partial charge is 0.320 e. The van der Waals surface area contributed by atoms with E-state index in [1.807, 2.05) is 13.8 Å². The molecule has 0 fully saturated rings. The molecule has 0 bridgehead atoms. The molecule has 0 aliphatic heterocycles. The number of thiocarbonyl (C=S) groups is 1. The average Bonchev–Trinajstić information content (AvgIpc) is 1.80. The maximum atomic E-state index is 11.1. The van der Waals surface area contributed by atoms with Gasteiger partial charge in [-0.15, -0.1) is 0 Å². The van der Waals surface area contributed by atoms with Crippen molar-refractivity contribution < 1.29 is 9.53 Å². The molecule has 13 heavy (non-hydrogen) atoms. The second-order valence-electron chi connectivity index (χ2n) is 3.18. The van der Waals surface area contributed by atoms with Gasteiger partial charge in [-0.2, -0.15) is 0 Å². The third kappa shape index (κ3) is 7.67. The fraction of sp³-hybridized carbons (Fsp3) is 0.750. The van der Waals surface area contributed by atoms with E-state index >= 15 is 0 Å². The van der Waals surface area contributed by atoms with E-state index in [2.05, 4.69) is 0 Å². The molecule has 0 heterocycles. The third-order valence-electron chi connectivity index (χ3n) is 1.19. The van der Waals surface area contributed by atoms with Gasteiger partial charge >= 0.3 is 5.97 Å². The molecular weight excluding hydrogens is 188 g/mol. The SMILES string of the molecule is CC(C)OC(=O)CN(C)CC(N)=S. The number of carbonyl (C=O) groups excluding carboxylic acids is 1. The summed E-state index contributed by atoms with van der Waals surface area (Å²) in [5.74, 6) is -0.256. The Hall–Kier alpha value is -0.680.